The standard InChI is InChI=1S/C17H23Br2N3O4S/c1-12-2-4-21(5-3-12)27(25,26)22-8-6-20(7-9-22)17(24)14-10-13(18)11-15(19)16(14)23/h10-12,23H,2-9H2,1H3. The van der Waals surface area contributed by atoms with Gasteiger partial charge in [0.1, 0.15) is 5.75 Å². The third kappa shape index (κ3) is 4.50. The Bertz CT molecular complexity index is 818. The second-order valence-corrected chi connectivity index (χ2v) is 10.8. The summed E-state index contributed by atoms with van der Waals surface area (Å²) in [6, 6.07) is 3.23. The number of aromatic hydroxyl groups is 1. The fraction of sp³-hybridized carbons (Fsp3) is 0.588. The first-order valence-electron chi connectivity index (χ1n) is 8.92. The van der Waals surface area contributed by atoms with Crippen LogP contribution in [0.3, 0.4) is 0 Å². The summed E-state index contributed by atoms with van der Waals surface area (Å²) < 4.78 is 29.8. The Balaban J connectivity index is 1.66. The Morgan fingerprint density at radius 1 is 1.04 bits per heavy atom. The molecule has 0 spiro atoms. The van der Waals surface area contributed by atoms with Crippen LogP contribution >= 0.6 is 31.9 Å². The highest BCUT2D eigenvalue weighted by Crippen LogP contribution is 2.32. The number of phenolic OH excluding ortho intramolecular Hbond substituents is 1. The van der Waals surface area contributed by atoms with E-state index in [-0.39, 0.29) is 30.3 Å². The topological polar surface area (TPSA) is 81.2 Å². The van der Waals surface area contributed by atoms with E-state index in [1.54, 1.807) is 21.3 Å². The Morgan fingerprint density at radius 2 is 1.59 bits per heavy atom. The third-order valence-electron chi connectivity index (χ3n) is 5.18. The number of phenols is 1. The number of carbonyl (C=O) groups is 1. The van der Waals surface area contributed by atoms with Crippen LogP contribution in [0.5, 0.6) is 5.75 Å². The number of benzene rings is 1. The first-order chi connectivity index (χ1) is 12.7. The van der Waals surface area contributed by atoms with E-state index in [0.29, 0.717) is 41.0 Å². The predicted molar refractivity (Wildman–Crippen MR) is 110 cm³/mol. The van der Waals surface area contributed by atoms with Gasteiger partial charge < -0.3 is 10.0 Å². The van der Waals surface area contributed by atoms with E-state index in [1.165, 1.54) is 4.31 Å². The molecular weight excluding hydrogens is 502 g/mol. The number of piperazine rings is 1. The van der Waals surface area contributed by atoms with Crippen LogP contribution in [0, 0.1) is 5.92 Å². The van der Waals surface area contributed by atoms with Crippen molar-refractivity contribution in [3.8, 4) is 5.75 Å². The lowest BCUT2D eigenvalue weighted by atomic mass is 10.0. The minimum Gasteiger partial charge on any atom is -0.506 e. The molecule has 7 nitrogen and oxygen atoms in total. The summed E-state index contributed by atoms with van der Waals surface area (Å²) in [5, 5.41) is 10.2. The number of hydrogen-bond acceptors (Lipinski definition) is 4. The maximum absolute atomic E-state index is 12.8. The summed E-state index contributed by atoms with van der Waals surface area (Å²) in [5.41, 5.74) is 0.192. The van der Waals surface area contributed by atoms with Gasteiger partial charge in [-0.25, -0.2) is 0 Å². The number of halogens is 2. The van der Waals surface area contributed by atoms with E-state index in [2.05, 4.69) is 38.8 Å². The second-order valence-electron chi connectivity index (χ2n) is 7.06. The van der Waals surface area contributed by atoms with Crippen molar-refractivity contribution in [2.45, 2.75) is 19.8 Å². The van der Waals surface area contributed by atoms with Crippen LogP contribution in [0.4, 0.5) is 0 Å². The molecule has 1 N–H and O–H groups in total. The lowest BCUT2D eigenvalue weighted by molar-refractivity contribution is 0.0689. The molecule has 2 saturated heterocycles. The van der Waals surface area contributed by atoms with E-state index >= 15 is 0 Å². The maximum atomic E-state index is 12.8. The van der Waals surface area contributed by atoms with Gasteiger partial charge in [0.15, 0.2) is 0 Å². The summed E-state index contributed by atoms with van der Waals surface area (Å²) >= 11 is 6.55. The fourth-order valence-electron chi connectivity index (χ4n) is 3.40. The zero-order valence-corrected chi connectivity index (χ0v) is 19.1. The SMILES string of the molecule is CC1CCN(S(=O)(=O)N2CCN(C(=O)c3cc(Br)cc(Br)c3O)CC2)CC1. The number of amides is 1. The van der Waals surface area contributed by atoms with Crippen LogP contribution in [0.1, 0.15) is 30.1 Å². The molecule has 3 rings (SSSR count). The molecule has 1 amide bonds. The molecule has 1 aromatic rings. The van der Waals surface area contributed by atoms with Crippen LogP contribution in [-0.4, -0.2) is 72.2 Å². The first-order valence-corrected chi connectivity index (χ1v) is 11.9. The molecule has 10 heteroatoms. The van der Waals surface area contributed by atoms with Crippen LogP contribution in [0.15, 0.2) is 21.1 Å². The van der Waals surface area contributed by atoms with Crippen LogP contribution in [0.2, 0.25) is 0 Å². The molecule has 2 fully saturated rings. The van der Waals surface area contributed by atoms with Crippen LogP contribution < -0.4 is 0 Å². The molecule has 2 aliphatic heterocycles. The number of rotatable bonds is 3. The predicted octanol–water partition coefficient (Wildman–Crippen LogP) is 2.65. The molecule has 0 atom stereocenters. The van der Waals surface area contributed by atoms with Gasteiger partial charge in [0.2, 0.25) is 0 Å². The zero-order chi connectivity index (χ0) is 19.8. The van der Waals surface area contributed by atoms with Crippen molar-refractivity contribution in [1.29, 1.82) is 0 Å². The molecular formula is C17H23Br2N3O4S. The van der Waals surface area contributed by atoms with Gasteiger partial charge in [0.25, 0.3) is 16.1 Å². The first kappa shape index (κ1) is 21.0. The molecule has 2 heterocycles. The highest BCUT2D eigenvalue weighted by atomic mass is 79.9. The second kappa shape index (κ2) is 8.36. The molecule has 27 heavy (non-hydrogen) atoms. The number of nitrogens with zero attached hydrogens (tertiary/aromatic N) is 3. The van der Waals surface area contributed by atoms with Crippen molar-refractivity contribution in [2.24, 2.45) is 5.92 Å². The molecule has 2 aliphatic rings. The number of hydrogen-bond donors (Lipinski definition) is 1. The zero-order valence-electron chi connectivity index (χ0n) is 15.1. The summed E-state index contributed by atoms with van der Waals surface area (Å²) in [7, 11) is -3.48. The number of carbonyl (C=O) groups excluding carboxylic acids is 1. The quantitative estimate of drug-likeness (QED) is 0.659. The normalized spacial score (nSPS) is 20.8. The summed E-state index contributed by atoms with van der Waals surface area (Å²) in [5.74, 6) is 0.141. The minimum absolute atomic E-state index is 0.110. The Morgan fingerprint density at radius 3 is 2.19 bits per heavy atom. The summed E-state index contributed by atoms with van der Waals surface area (Å²) in [6.45, 7) is 4.37. The Labute approximate surface area is 176 Å². The molecule has 0 unspecified atom stereocenters. The van der Waals surface area contributed by atoms with E-state index in [4.69, 9.17) is 0 Å². The summed E-state index contributed by atoms with van der Waals surface area (Å²) in [4.78, 5) is 14.3. The molecule has 150 valence electrons. The van der Waals surface area contributed by atoms with Crippen molar-refractivity contribution < 1.29 is 18.3 Å². The third-order valence-corrected chi connectivity index (χ3v) is 8.28. The molecule has 0 aliphatic carbocycles. The van der Waals surface area contributed by atoms with Gasteiger partial charge in [0.05, 0.1) is 10.0 Å². The summed E-state index contributed by atoms with van der Waals surface area (Å²) in [6.07, 6.45) is 1.77. The fourth-order valence-corrected chi connectivity index (χ4v) is 6.25. The largest absolute Gasteiger partial charge is 0.506 e. The van der Waals surface area contributed by atoms with Gasteiger partial charge in [-0.15, -0.1) is 0 Å². The molecule has 0 aromatic heterocycles. The Kier molecular flexibility index (Phi) is 6.52. The lowest BCUT2D eigenvalue weighted by Crippen LogP contribution is -2.55. The highest BCUT2D eigenvalue weighted by Gasteiger charge is 2.35. The maximum Gasteiger partial charge on any atom is 0.282 e. The van der Waals surface area contributed by atoms with Crippen molar-refractivity contribution in [3.63, 3.8) is 0 Å². The van der Waals surface area contributed by atoms with Gasteiger partial charge >= 0.3 is 0 Å². The Hall–Kier alpha value is -0.680. The van der Waals surface area contributed by atoms with Gasteiger partial charge in [-0.1, -0.05) is 22.9 Å². The molecule has 1 aromatic carbocycles. The molecule has 0 saturated carbocycles. The van der Waals surface area contributed by atoms with Gasteiger partial charge in [-0.3, -0.25) is 4.79 Å². The van der Waals surface area contributed by atoms with Gasteiger partial charge in [-0.05, 0) is 46.8 Å². The van der Waals surface area contributed by atoms with Gasteiger partial charge in [-0.2, -0.15) is 17.0 Å². The highest BCUT2D eigenvalue weighted by molar-refractivity contribution is 9.11. The van der Waals surface area contributed by atoms with Crippen molar-refractivity contribution in [2.75, 3.05) is 39.3 Å². The van der Waals surface area contributed by atoms with Crippen molar-refractivity contribution in [3.05, 3.63) is 26.6 Å². The van der Waals surface area contributed by atoms with Crippen LogP contribution in [-0.2, 0) is 10.2 Å². The number of piperidine rings is 1. The van der Waals surface area contributed by atoms with E-state index in [1.807, 2.05) is 0 Å². The smallest absolute Gasteiger partial charge is 0.282 e. The molecule has 0 bridgehead atoms. The average Bonchev–Trinajstić information content (AvgIpc) is 2.64. The lowest BCUT2D eigenvalue weighted by Gasteiger charge is -2.38. The van der Waals surface area contributed by atoms with Crippen LogP contribution in [0.25, 0.3) is 0 Å². The van der Waals surface area contributed by atoms with Crippen molar-refractivity contribution >= 4 is 48.0 Å². The van der Waals surface area contributed by atoms with Crippen molar-refractivity contribution in [1.82, 2.24) is 13.5 Å². The minimum atomic E-state index is -3.48. The average molecular weight is 525 g/mol. The van der Waals surface area contributed by atoms with E-state index in [9.17, 15) is 18.3 Å². The monoisotopic (exact) mass is 523 g/mol. The van der Waals surface area contributed by atoms with E-state index in [0.717, 1.165) is 12.8 Å². The van der Waals surface area contributed by atoms with E-state index < -0.39 is 10.2 Å². The molecule has 0 radical (unpaired) electrons. The van der Waals surface area contributed by atoms with Gasteiger partial charge in [0, 0.05) is 43.7 Å².